The van der Waals surface area contributed by atoms with E-state index in [1.54, 1.807) is 0 Å². The van der Waals surface area contributed by atoms with Crippen LogP contribution in [-0.2, 0) is 11.8 Å². The molecule has 5 nitrogen and oxygen atoms in total. The lowest BCUT2D eigenvalue weighted by atomic mass is 9.69. The number of H-pyrrole nitrogens is 1. The molecule has 0 fully saturated rings. The molecule has 0 spiro atoms. The van der Waals surface area contributed by atoms with Crippen LogP contribution in [0.15, 0.2) is 55.1 Å². The smallest absolute Gasteiger partial charge is 0.152 e. The van der Waals surface area contributed by atoms with Gasteiger partial charge < -0.3 is 5.73 Å². The van der Waals surface area contributed by atoms with Gasteiger partial charge in [0.15, 0.2) is 5.82 Å². The summed E-state index contributed by atoms with van der Waals surface area (Å²) in [6, 6.07) is 8.20. The SMILES string of the molecule is Nc1n[nH]c2c1C=CC(c1ccncc1)(c1ccncc1)C2. The number of pyridine rings is 2. The van der Waals surface area contributed by atoms with Crippen LogP contribution in [0.2, 0.25) is 0 Å². The molecule has 3 aromatic heterocycles. The van der Waals surface area contributed by atoms with Crippen molar-refractivity contribution in [3.05, 3.63) is 77.5 Å². The fourth-order valence-corrected chi connectivity index (χ4v) is 3.15. The largest absolute Gasteiger partial charge is 0.382 e. The Morgan fingerprint density at radius 2 is 1.55 bits per heavy atom. The second-order valence-corrected chi connectivity index (χ2v) is 5.45. The van der Waals surface area contributed by atoms with Crippen LogP contribution in [0.25, 0.3) is 6.08 Å². The van der Waals surface area contributed by atoms with Gasteiger partial charge in [-0.25, -0.2) is 0 Å². The minimum absolute atomic E-state index is 0.266. The lowest BCUT2D eigenvalue weighted by Gasteiger charge is -2.34. The second kappa shape index (κ2) is 4.80. The number of nitrogens with zero attached hydrogens (tertiary/aromatic N) is 3. The van der Waals surface area contributed by atoms with Crippen molar-refractivity contribution < 1.29 is 0 Å². The van der Waals surface area contributed by atoms with Gasteiger partial charge in [0.2, 0.25) is 0 Å². The monoisotopic (exact) mass is 289 g/mol. The molecule has 5 heteroatoms. The quantitative estimate of drug-likeness (QED) is 0.758. The van der Waals surface area contributed by atoms with Gasteiger partial charge >= 0.3 is 0 Å². The highest BCUT2D eigenvalue weighted by Gasteiger charge is 2.36. The Bertz CT molecular complexity index is 781. The van der Waals surface area contributed by atoms with Gasteiger partial charge in [0.05, 0.1) is 0 Å². The summed E-state index contributed by atoms with van der Waals surface area (Å²) in [5.41, 5.74) is 10.1. The number of aromatic nitrogens is 4. The summed E-state index contributed by atoms with van der Waals surface area (Å²) < 4.78 is 0. The maximum Gasteiger partial charge on any atom is 0.152 e. The predicted molar refractivity (Wildman–Crippen MR) is 85.0 cm³/mol. The van der Waals surface area contributed by atoms with E-state index in [2.05, 4.69) is 56.6 Å². The third-order valence-corrected chi connectivity index (χ3v) is 4.29. The number of nitrogens with two attached hydrogens (primary N) is 1. The van der Waals surface area contributed by atoms with Gasteiger partial charge in [-0.2, -0.15) is 5.10 Å². The van der Waals surface area contributed by atoms with Crippen LogP contribution < -0.4 is 5.73 Å². The fourth-order valence-electron chi connectivity index (χ4n) is 3.15. The van der Waals surface area contributed by atoms with Crippen molar-refractivity contribution in [1.82, 2.24) is 20.2 Å². The van der Waals surface area contributed by atoms with E-state index in [1.165, 1.54) is 11.1 Å². The minimum Gasteiger partial charge on any atom is -0.382 e. The molecule has 3 heterocycles. The number of hydrogen-bond donors (Lipinski definition) is 2. The molecule has 0 aliphatic heterocycles. The Balaban J connectivity index is 1.93. The molecule has 0 radical (unpaired) electrons. The van der Waals surface area contributed by atoms with Crippen molar-refractivity contribution in [1.29, 1.82) is 0 Å². The topological polar surface area (TPSA) is 80.5 Å². The number of anilines is 1. The lowest BCUT2D eigenvalue weighted by molar-refractivity contribution is 0.619. The molecule has 108 valence electrons. The summed E-state index contributed by atoms with van der Waals surface area (Å²) in [7, 11) is 0. The fraction of sp³-hybridized carbons (Fsp3) is 0.118. The van der Waals surface area contributed by atoms with Gasteiger partial charge in [0.1, 0.15) is 0 Å². The normalized spacial score (nSPS) is 15.5. The Morgan fingerprint density at radius 3 is 2.14 bits per heavy atom. The molecule has 1 aliphatic rings. The molecule has 0 unspecified atom stereocenters. The zero-order valence-electron chi connectivity index (χ0n) is 11.9. The highest BCUT2D eigenvalue weighted by atomic mass is 15.2. The Hall–Kier alpha value is -2.95. The molecule has 0 aromatic carbocycles. The molecule has 0 bridgehead atoms. The van der Waals surface area contributed by atoms with E-state index in [-0.39, 0.29) is 5.41 Å². The summed E-state index contributed by atoms with van der Waals surface area (Å²) in [5.74, 6) is 0.546. The molecule has 4 rings (SSSR count). The molecule has 0 amide bonds. The summed E-state index contributed by atoms with van der Waals surface area (Å²) in [5, 5.41) is 7.19. The number of nitrogens with one attached hydrogen (secondary N) is 1. The first-order valence-electron chi connectivity index (χ1n) is 7.12. The molecule has 3 aromatic rings. The maximum absolute atomic E-state index is 5.91. The maximum atomic E-state index is 5.91. The van der Waals surface area contributed by atoms with Gasteiger partial charge in [0, 0.05) is 47.9 Å². The van der Waals surface area contributed by atoms with E-state index in [1.807, 2.05) is 24.8 Å². The van der Waals surface area contributed by atoms with Crippen molar-refractivity contribution in [2.75, 3.05) is 5.73 Å². The number of rotatable bonds is 2. The van der Waals surface area contributed by atoms with Crippen LogP contribution in [0.4, 0.5) is 5.82 Å². The number of nitrogen functional groups attached to an aromatic ring is 1. The molecule has 0 saturated carbocycles. The first-order chi connectivity index (χ1) is 10.8. The Kier molecular flexibility index (Phi) is 2.79. The molecule has 1 aliphatic carbocycles. The van der Waals surface area contributed by atoms with Gasteiger partial charge in [-0.15, -0.1) is 0 Å². The molecule has 0 atom stereocenters. The molecule has 0 saturated heterocycles. The van der Waals surface area contributed by atoms with E-state index < -0.39 is 0 Å². The number of allylic oxidation sites excluding steroid dienone is 1. The van der Waals surface area contributed by atoms with Crippen molar-refractivity contribution in [3.63, 3.8) is 0 Å². The molecular weight excluding hydrogens is 274 g/mol. The number of fused-ring (bicyclic) bond motifs is 1. The summed E-state index contributed by atoms with van der Waals surface area (Å²) >= 11 is 0. The van der Waals surface area contributed by atoms with E-state index in [0.717, 1.165) is 17.7 Å². The highest BCUT2D eigenvalue weighted by molar-refractivity contribution is 5.69. The third-order valence-electron chi connectivity index (χ3n) is 4.29. The van der Waals surface area contributed by atoms with Crippen LogP contribution in [-0.4, -0.2) is 20.2 Å². The standard InChI is InChI=1S/C17H15N5/c18-16-14-1-6-17(11-15(14)21-22-16,12-2-7-19-8-3-12)13-4-9-20-10-5-13/h1-10H,11H2,(H3,18,21,22). The van der Waals surface area contributed by atoms with Crippen LogP contribution in [0, 0.1) is 0 Å². The zero-order chi connectivity index (χ0) is 15.0. The van der Waals surface area contributed by atoms with E-state index >= 15 is 0 Å². The second-order valence-electron chi connectivity index (χ2n) is 5.45. The van der Waals surface area contributed by atoms with E-state index in [9.17, 15) is 0 Å². The summed E-state index contributed by atoms with van der Waals surface area (Å²) in [6.07, 6.45) is 12.3. The van der Waals surface area contributed by atoms with Gasteiger partial charge in [0.25, 0.3) is 0 Å². The van der Waals surface area contributed by atoms with Crippen molar-refractivity contribution in [2.45, 2.75) is 11.8 Å². The van der Waals surface area contributed by atoms with Gasteiger partial charge in [-0.3, -0.25) is 15.1 Å². The highest BCUT2D eigenvalue weighted by Crippen LogP contribution is 2.41. The van der Waals surface area contributed by atoms with Gasteiger partial charge in [-0.1, -0.05) is 12.2 Å². The van der Waals surface area contributed by atoms with Crippen molar-refractivity contribution in [3.8, 4) is 0 Å². The van der Waals surface area contributed by atoms with Crippen LogP contribution in [0.1, 0.15) is 22.4 Å². The predicted octanol–water partition coefficient (Wildman–Crippen LogP) is 2.34. The van der Waals surface area contributed by atoms with E-state index in [0.29, 0.717) is 5.82 Å². The lowest BCUT2D eigenvalue weighted by Crippen LogP contribution is -2.30. The van der Waals surface area contributed by atoms with Crippen LogP contribution in [0.3, 0.4) is 0 Å². The van der Waals surface area contributed by atoms with Crippen molar-refractivity contribution >= 4 is 11.9 Å². The Labute approximate surface area is 127 Å². The first kappa shape index (κ1) is 12.8. The van der Waals surface area contributed by atoms with Gasteiger partial charge in [-0.05, 0) is 35.4 Å². The first-order valence-corrected chi connectivity index (χ1v) is 7.12. The summed E-state index contributed by atoms with van der Waals surface area (Å²) in [6.45, 7) is 0. The van der Waals surface area contributed by atoms with Crippen LogP contribution >= 0.6 is 0 Å². The molecule has 3 N–H and O–H groups in total. The number of aromatic amines is 1. The molecular formula is C17H15N5. The van der Waals surface area contributed by atoms with E-state index in [4.69, 9.17) is 5.73 Å². The summed E-state index contributed by atoms with van der Waals surface area (Å²) in [4.78, 5) is 8.27. The third kappa shape index (κ3) is 1.83. The van der Waals surface area contributed by atoms with Crippen LogP contribution in [0.5, 0.6) is 0 Å². The zero-order valence-corrected chi connectivity index (χ0v) is 11.9. The van der Waals surface area contributed by atoms with Crippen molar-refractivity contribution in [2.24, 2.45) is 0 Å². The average Bonchev–Trinajstić information content (AvgIpc) is 2.96. The minimum atomic E-state index is -0.266. The Morgan fingerprint density at radius 1 is 0.955 bits per heavy atom. The molecule has 22 heavy (non-hydrogen) atoms. The average molecular weight is 289 g/mol. The number of hydrogen-bond acceptors (Lipinski definition) is 4.